The van der Waals surface area contributed by atoms with Crippen molar-refractivity contribution in [3.8, 4) is 17.1 Å². The predicted molar refractivity (Wildman–Crippen MR) is 77.2 cm³/mol. The lowest BCUT2D eigenvalue weighted by Crippen LogP contribution is -2.12. The second-order valence-corrected chi connectivity index (χ2v) is 4.76. The van der Waals surface area contributed by atoms with E-state index in [1.54, 1.807) is 13.0 Å². The van der Waals surface area contributed by atoms with Gasteiger partial charge in [-0.1, -0.05) is 30.3 Å². The molecule has 0 aliphatic heterocycles. The molecule has 3 rings (SSSR count). The first-order chi connectivity index (χ1) is 10.1. The van der Waals surface area contributed by atoms with Crippen LogP contribution >= 0.6 is 0 Å². The van der Waals surface area contributed by atoms with E-state index in [9.17, 15) is 4.39 Å². The number of halogens is 1. The maximum atomic E-state index is 13.4. The number of nitrogens with zero attached hydrogens (tertiary/aromatic N) is 4. The largest absolute Gasteiger partial charge is 0.324 e. The van der Waals surface area contributed by atoms with Crippen molar-refractivity contribution in [2.75, 3.05) is 0 Å². The minimum absolute atomic E-state index is 0.332. The monoisotopic (exact) mass is 283 g/mol. The minimum atomic E-state index is -0.338. The SMILES string of the molecule is C[C@@H](N)c1cc(F)ccc1-n1nnc(-c2ccccc2)n1. The summed E-state index contributed by atoms with van der Waals surface area (Å²) in [7, 11) is 0. The third kappa shape index (κ3) is 2.66. The van der Waals surface area contributed by atoms with Crippen LogP contribution in [-0.2, 0) is 0 Å². The van der Waals surface area contributed by atoms with Gasteiger partial charge in [0.1, 0.15) is 5.82 Å². The number of nitrogens with two attached hydrogens (primary N) is 1. The smallest absolute Gasteiger partial charge is 0.205 e. The van der Waals surface area contributed by atoms with E-state index in [0.717, 1.165) is 5.56 Å². The van der Waals surface area contributed by atoms with Gasteiger partial charge in [0.15, 0.2) is 0 Å². The molecule has 0 unspecified atom stereocenters. The summed E-state index contributed by atoms with van der Waals surface area (Å²) >= 11 is 0. The van der Waals surface area contributed by atoms with Gasteiger partial charge in [0.05, 0.1) is 5.69 Å². The Bertz CT molecular complexity index is 752. The third-order valence-corrected chi connectivity index (χ3v) is 3.14. The van der Waals surface area contributed by atoms with E-state index in [1.807, 2.05) is 30.3 Å². The fourth-order valence-electron chi connectivity index (χ4n) is 2.09. The van der Waals surface area contributed by atoms with Gasteiger partial charge in [-0.25, -0.2) is 4.39 Å². The topological polar surface area (TPSA) is 69.6 Å². The zero-order valence-electron chi connectivity index (χ0n) is 11.4. The van der Waals surface area contributed by atoms with E-state index in [-0.39, 0.29) is 11.9 Å². The van der Waals surface area contributed by atoms with Crippen LogP contribution in [0.15, 0.2) is 48.5 Å². The van der Waals surface area contributed by atoms with Gasteiger partial charge in [0.2, 0.25) is 5.82 Å². The molecule has 1 aromatic heterocycles. The molecular weight excluding hydrogens is 269 g/mol. The summed E-state index contributed by atoms with van der Waals surface area (Å²) in [6, 6.07) is 13.5. The lowest BCUT2D eigenvalue weighted by Gasteiger charge is -2.11. The van der Waals surface area contributed by atoms with Gasteiger partial charge in [-0.3, -0.25) is 0 Å². The number of hydrogen-bond donors (Lipinski definition) is 1. The zero-order valence-corrected chi connectivity index (χ0v) is 11.4. The van der Waals surface area contributed by atoms with Crippen molar-refractivity contribution in [1.29, 1.82) is 0 Å². The molecule has 0 aliphatic rings. The van der Waals surface area contributed by atoms with E-state index in [2.05, 4.69) is 15.4 Å². The first kappa shape index (κ1) is 13.4. The molecule has 2 aromatic carbocycles. The molecule has 0 radical (unpaired) electrons. The molecule has 3 aromatic rings. The summed E-state index contributed by atoms with van der Waals surface area (Å²) in [5, 5.41) is 12.4. The van der Waals surface area contributed by atoms with Crippen LogP contribution in [0.25, 0.3) is 17.1 Å². The molecule has 6 heteroatoms. The summed E-state index contributed by atoms with van der Waals surface area (Å²) in [5.41, 5.74) is 8.01. The molecule has 0 saturated heterocycles. The number of benzene rings is 2. The Morgan fingerprint density at radius 2 is 1.90 bits per heavy atom. The fourth-order valence-corrected chi connectivity index (χ4v) is 2.09. The minimum Gasteiger partial charge on any atom is -0.324 e. The van der Waals surface area contributed by atoms with Crippen molar-refractivity contribution in [2.45, 2.75) is 13.0 Å². The molecule has 1 atom stereocenters. The van der Waals surface area contributed by atoms with E-state index in [0.29, 0.717) is 17.1 Å². The summed E-state index contributed by atoms with van der Waals surface area (Å²) < 4.78 is 13.4. The van der Waals surface area contributed by atoms with Gasteiger partial charge in [-0.15, -0.1) is 15.0 Å². The highest BCUT2D eigenvalue weighted by atomic mass is 19.1. The molecule has 21 heavy (non-hydrogen) atoms. The quantitative estimate of drug-likeness (QED) is 0.801. The molecule has 5 nitrogen and oxygen atoms in total. The number of aromatic nitrogens is 4. The van der Waals surface area contributed by atoms with Crippen molar-refractivity contribution >= 4 is 0 Å². The van der Waals surface area contributed by atoms with Gasteiger partial charge < -0.3 is 5.73 Å². The van der Waals surface area contributed by atoms with Crippen molar-refractivity contribution in [1.82, 2.24) is 20.2 Å². The van der Waals surface area contributed by atoms with E-state index in [4.69, 9.17) is 5.73 Å². The maximum Gasteiger partial charge on any atom is 0.205 e. The van der Waals surface area contributed by atoms with Crippen LogP contribution in [0.1, 0.15) is 18.5 Å². The highest BCUT2D eigenvalue weighted by Gasteiger charge is 2.13. The lowest BCUT2D eigenvalue weighted by atomic mass is 10.1. The maximum absolute atomic E-state index is 13.4. The van der Waals surface area contributed by atoms with Gasteiger partial charge in [0, 0.05) is 11.6 Å². The van der Waals surface area contributed by atoms with E-state index >= 15 is 0 Å². The highest BCUT2D eigenvalue weighted by molar-refractivity contribution is 5.53. The first-order valence-corrected chi connectivity index (χ1v) is 6.56. The van der Waals surface area contributed by atoms with Gasteiger partial charge in [-0.05, 0) is 35.9 Å². The second kappa shape index (κ2) is 5.41. The van der Waals surface area contributed by atoms with Crippen LogP contribution in [0.5, 0.6) is 0 Å². The van der Waals surface area contributed by atoms with Crippen LogP contribution in [0.2, 0.25) is 0 Å². The summed E-state index contributed by atoms with van der Waals surface area (Å²) in [6.45, 7) is 1.79. The van der Waals surface area contributed by atoms with Gasteiger partial charge >= 0.3 is 0 Å². The average molecular weight is 283 g/mol. The highest BCUT2D eigenvalue weighted by Crippen LogP contribution is 2.21. The summed E-state index contributed by atoms with van der Waals surface area (Å²) in [4.78, 5) is 1.38. The number of hydrogen-bond acceptors (Lipinski definition) is 4. The molecule has 0 spiro atoms. The Balaban J connectivity index is 2.05. The standard InChI is InChI=1S/C15H14FN5/c1-10(17)13-9-12(16)7-8-14(13)21-19-15(18-20-21)11-5-3-2-4-6-11/h2-10H,17H2,1H3/t10-/m1/s1. The molecule has 0 aliphatic carbocycles. The van der Waals surface area contributed by atoms with Gasteiger partial charge in [0.25, 0.3) is 0 Å². The normalized spacial score (nSPS) is 12.3. The van der Waals surface area contributed by atoms with Crippen LogP contribution < -0.4 is 5.73 Å². The lowest BCUT2D eigenvalue weighted by molar-refractivity contribution is 0.617. The van der Waals surface area contributed by atoms with Gasteiger partial charge in [-0.2, -0.15) is 0 Å². The van der Waals surface area contributed by atoms with Crippen LogP contribution in [0.3, 0.4) is 0 Å². The van der Waals surface area contributed by atoms with Crippen molar-refractivity contribution < 1.29 is 4.39 Å². The van der Waals surface area contributed by atoms with Crippen LogP contribution in [-0.4, -0.2) is 20.2 Å². The van der Waals surface area contributed by atoms with E-state index < -0.39 is 0 Å². The van der Waals surface area contributed by atoms with Crippen molar-refractivity contribution in [3.05, 3.63) is 59.9 Å². The number of rotatable bonds is 3. The molecule has 2 N–H and O–H groups in total. The molecule has 106 valence electrons. The second-order valence-electron chi connectivity index (χ2n) is 4.76. The number of tetrazole rings is 1. The van der Waals surface area contributed by atoms with E-state index in [1.165, 1.54) is 16.9 Å². The Hall–Kier alpha value is -2.60. The Morgan fingerprint density at radius 3 is 2.62 bits per heavy atom. The molecular formula is C15H14FN5. The van der Waals surface area contributed by atoms with Crippen molar-refractivity contribution in [2.24, 2.45) is 5.73 Å². The Kier molecular flexibility index (Phi) is 3.45. The third-order valence-electron chi connectivity index (χ3n) is 3.14. The molecule has 0 bridgehead atoms. The summed E-state index contributed by atoms with van der Waals surface area (Å²) in [6.07, 6.45) is 0. The summed E-state index contributed by atoms with van der Waals surface area (Å²) in [5.74, 6) is 0.171. The Morgan fingerprint density at radius 1 is 1.14 bits per heavy atom. The zero-order chi connectivity index (χ0) is 14.8. The molecule has 0 fully saturated rings. The Labute approximate surface area is 121 Å². The van der Waals surface area contributed by atoms with Crippen LogP contribution in [0.4, 0.5) is 4.39 Å². The molecule has 1 heterocycles. The van der Waals surface area contributed by atoms with Crippen molar-refractivity contribution in [3.63, 3.8) is 0 Å². The van der Waals surface area contributed by atoms with Crippen LogP contribution in [0, 0.1) is 5.82 Å². The molecule has 0 saturated carbocycles. The molecule has 0 amide bonds. The predicted octanol–water partition coefficient (Wildman–Crippen LogP) is 2.49. The average Bonchev–Trinajstić information content (AvgIpc) is 2.97. The fraction of sp³-hybridized carbons (Fsp3) is 0.133. The first-order valence-electron chi connectivity index (χ1n) is 6.56.